The lowest BCUT2D eigenvalue weighted by atomic mass is 10.2. The molecule has 3 rings (SSSR count). The van der Waals surface area contributed by atoms with Crippen LogP contribution in [0.15, 0.2) is 59.1 Å². The number of ether oxygens (including phenoxy) is 1. The Morgan fingerprint density at radius 3 is 2.64 bits per heavy atom. The first-order valence-corrected chi connectivity index (χ1v) is 8.01. The highest BCUT2D eigenvalue weighted by molar-refractivity contribution is 5.80. The van der Waals surface area contributed by atoms with Gasteiger partial charge >= 0.3 is 0 Å². The fourth-order valence-corrected chi connectivity index (χ4v) is 2.27. The molecule has 0 radical (unpaired) electrons. The van der Waals surface area contributed by atoms with Crippen molar-refractivity contribution in [3.63, 3.8) is 0 Å². The summed E-state index contributed by atoms with van der Waals surface area (Å²) in [5.74, 6) is 1.28. The van der Waals surface area contributed by atoms with Gasteiger partial charge in [0.15, 0.2) is 6.10 Å². The molecule has 0 saturated carbocycles. The monoisotopic (exact) mass is 337 g/mol. The van der Waals surface area contributed by atoms with E-state index >= 15 is 0 Å². The molecule has 2 aromatic carbocycles. The second-order valence-corrected chi connectivity index (χ2v) is 5.62. The molecule has 6 nitrogen and oxygen atoms in total. The van der Waals surface area contributed by atoms with Gasteiger partial charge < -0.3 is 14.6 Å². The van der Waals surface area contributed by atoms with Crippen LogP contribution in [0.2, 0.25) is 0 Å². The van der Waals surface area contributed by atoms with E-state index in [1.807, 2.05) is 61.5 Å². The van der Waals surface area contributed by atoms with E-state index < -0.39 is 6.10 Å². The van der Waals surface area contributed by atoms with Crippen molar-refractivity contribution < 1.29 is 14.1 Å². The van der Waals surface area contributed by atoms with Gasteiger partial charge in [-0.15, -0.1) is 0 Å². The van der Waals surface area contributed by atoms with Gasteiger partial charge in [-0.05, 0) is 25.5 Å². The van der Waals surface area contributed by atoms with Gasteiger partial charge in [0.1, 0.15) is 5.75 Å². The van der Waals surface area contributed by atoms with Crippen molar-refractivity contribution in [3.8, 4) is 17.1 Å². The third kappa shape index (κ3) is 4.23. The number of aryl methyl sites for hydroxylation is 1. The molecule has 3 aromatic rings. The number of amides is 1. The molecule has 0 aliphatic heterocycles. The maximum atomic E-state index is 12.2. The minimum atomic E-state index is -0.627. The summed E-state index contributed by atoms with van der Waals surface area (Å²) in [6.45, 7) is 3.79. The van der Waals surface area contributed by atoms with Crippen LogP contribution in [0.1, 0.15) is 18.4 Å². The Morgan fingerprint density at radius 2 is 1.88 bits per heavy atom. The molecule has 1 atom stereocenters. The van der Waals surface area contributed by atoms with Gasteiger partial charge in [0.05, 0.1) is 6.54 Å². The Bertz CT molecular complexity index is 846. The molecule has 1 aromatic heterocycles. The number of nitrogens with zero attached hydrogens (tertiary/aromatic N) is 2. The van der Waals surface area contributed by atoms with E-state index in [1.54, 1.807) is 6.92 Å². The predicted octanol–water partition coefficient (Wildman–Crippen LogP) is 3.13. The molecule has 0 aliphatic rings. The minimum absolute atomic E-state index is 0.153. The smallest absolute Gasteiger partial charge is 0.261 e. The highest BCUT2D eigenvalue weighted by atomic mass is 16.5. The van der Waals surface area contributed by atoms with Gasteiger partial charge in [-0.1, -0.05) is 53.7 Å². The average Bonchev–Trinajstić information content (AvgIpc) is 3.11. The predicted molar refractivity (Wildman–Crippen MR) is 92.8 cm³/mol. The molecule has 0 saturated heterocycles. The summed E-state index contributed by atoms with van der Waals surface area (Å²) in [6, 6.07) is 17.1. The SMILES string of the molecule is Cc1ccccc1O[C@H](C)C(=O)NCc1nc(-c2ccccc2)no1. The zero-order valence-corrected chi connectivity index (χ0v) is 14.1. The van der Waals surface area contributed by atoms with Crippen molar-refractivity contribution in [2.24, 2.45) is 0 Å². The van der Waals surface area contributed by atoms with Crippen molar-refractivity contribution in [1.29, 1.82) is 0 Å². The third-order valence-electron chi connectivity index (χ3n) is 3.68. The maximum absolute atomic E-state index is 12.2. The molecule has 0 bridgehead atoms. The van der Waals surface area contributed by atoms with Gasteiger partial charge in [-0.2, -0.15) is 4.98 Å². The molecule has 0 fully saturated rings. The van der Waals surface area contributed by atoms with Crippen LogP contribution in [0.5, 0.6) is 5.75 Å². The summed E-state index contributed by atoms with van der Waals surface area (Å²) >= 11 is 0. The van der Waals surface area contributed by atoms with Crippen LogP contribution < -0.4 is 10.1 Å². The lowest BCUT2D eigenvalue weighted by molar-refractivity contribution is -0.127. The van der Waals surface area contributed by atoms with E-state index in [0.717, 1.165) is 11.1 Å². The van der Waals surface area contributed by atoms with Crippen LogP contribution >= 0.6 is 0 Å². The quantitative estimate of drug-likeness (QED) is 0.748. The van der Waals surface area contributed by atoms with Crippen LogP contribution in [0.4, 0.5) is 0 Å². The summed E-state index contributed by atoms with van der Waals surface area (Å²) in [6.07, 6.45) is -0.627. The van der Waals surface area contributed by atoms with Crippen LogP contribution in [0.3, 0.4) is 0 Å². The van der Waals surface area contributed by atoms with Crippen molar-refractivity contribution in [2.45, 2.75) is 26.5 Å². The molecular weight excluding hydrogens is 318 g/mol. The van der Waals surface area contributed by atoms with Crippen molar-refractivity contribution in [3.05, 3.63) is 66.1 Å². The van der Waals surface area contributed by atoms with E-state index in [9.17, 15) is 4.79 Å². The molecule has 0 spiro atoms. The Hall–Kier alpha value is -3.15. The molecule has 6 heteroatoms. The second-order valence-electron chi connectivity index (χ2n) is 5.62. The van der Waals surface area contributed by atoms with Gasteiger partial charge in [0.25, 0.3) is 5.91 Å². The summed E-state index contributed by atoms with van der Waals surface area (Å²) in [5, 5.41) is 6.66. The summed E-state index contributed by atoms with van der Waals surface area (Å²) < 4.78 is 10.9. The molecular formula is C19H19N3O3. The third-order valence-corrected chi connectivity index (χ3v) is 3.68. The van der Waals surface area contributed by atoms with E-state index in [1.165, 1.54) is 0 Å². The number of hydrogen-bond acceptors (Lipinski definition) is 5. The Kier molecular flexibility index (Phi) is 5.09. The van der Waals surface area contributed by atoms with Crippen LogP contribution in [0.25, 0.3) is 11.4 Å². The van der Waals surface area contributed by atoms with Crippen molar-refractivity contribution in [2.75, 3.05) is 0 Å². The van der Waals surface area contributed by atoms with Gasteiger partial charge in [0, 0.05) is 5.56 Å². The summed E-state index contributed by atoms with van der Waals surface area (Å²) in [5.41, 5.74) is 1.84. The first kappa shape index (κ1) is 16.7. The normalized spacial score (nSPS) is 11.8. The minimum Gasteiger partial charge on any atom is -0.481 e. The molecule has 0 aliphatic carbocycles. The van der Waals surface area contributed by atoms with Crippen molar-refractivity contribution in [1.82, 2.24) is 15.5 Å². The zero-order valence-electron chi connectivity index (χ0n) is 14.1. The lowest BCUT2D eigenvalue weighted by Crippen LogP contribution is -2.36. The number of benzene rings is 2. The molecule has 0 unspecified atom stereocenters. The molecule has 128 valence electrons. The number of aromatic nitrogens is 2. The highest BCUT2D eigenvalue weighted by Gasteiger charge is 2.16. The number of para-hydroxylation sites is 1. The first-order valence-electron chi connectivity index (χ1n) is 8.01. The Morgan fingerprint density at radius 1 is 1.16 bits per heavy atom. The van der Waals surface area contributed by atoms with Crippen molar-refractivity contribution >= 4 is 5.91 Å². The highest BCUT2D eigenvalue weighted by Crippen LogP contribution is 2.18. The number of carbonyl (C=O) groups excluding carboxylic acids is 1. The molecule has 1 heterocycles. The number of carbonyl (C=O) groups is 1. The lowest BCUT2D eigenvalue weighted by Gasteiger charge is -2.15. The fraction of sp³-hybridized carbons (Fsp3) is 0.211. The molecule has 1 amide bonds. The van der Waals surface area contributed by atoms with E-state index in [4.69, 9.17) is 9.26 Å². The zero-order chi connectivity index (χ0) is 17.6. The first-order chi connectivity index (χ1) is 12.1. The van der Waals surface area contributed by atoms with Crippen LogP contribution in [-0.2, 0) is 11.3 Å². The number of nitrogens with one attached hydrogen (secondary N) is 1. The average molecular weight is 337 g/mol. The fourth-order valence-electron chi connectivity index (χ4n) is 2.27. The standard InChI is InChI=1S/C19H19N3O3/c1-13-8-6-7-11-16(13)24-14(2)19(23)20-12-17-21-18(22-25-17)15-9-4-3-5-10-15/h3-11,14H,12H2,1-2H3,(H,20,23)/t14-/m1/s1. The van der Waals surface area contributed by atoms with Crippen LogP contribution in [-0.4, -0.2) is 22.2 Å². The Labute approximate surface area is 145 Å². The van der Waals surface area contributed by atoms with Gasteiger partial charge in [-0.3, -0.25) is 4.79 Å². The number of rotatable bonds is 6. The maximum Gasteiger partial charge on any atom is 0.261 e. The topological polar surface area (TPSA) is 77.2 Å². The second kappa shape index (κ2) is 7.61. The Balaban J connectivity index is 1.55. The number of hydrogen-bond donors (Lipinski definition) is 1. The van der Waals surface area contributed by atoms with Crippen LogP contribution in [0, 0.1) is 6.92 Å². The van der Waals surface area contributed by atoms with Gasteiger partial charge in [-0.25, -0.2) is 0 Å². The molecule has 1 N–H and O–H groups in total. The summed E-state index contributed by atoms with van der Waals surface area (Å²) in [7, 11) is 0. The molecule has 25 heavy (non-hydrogen) atoms. The largest absolute Gasteiger partial charge is 0.481 e. The van der Waals surface area contributed by atoms with Gasteiger partial charge in [0.2, 0.25) is 11.7 Å². The van der Waals surface area contributed by atoms with E-state index in [0.29, 0.717) is 17.5 Å². The van der Waals surface area contributed by atoms with E-state index in [-0.39, 0.29) is 12.5 Å². The van der Waals surface area contributed by atoms with E-state index in [2.05, 4.69) is 15.5 Å². The summed E-state index contributed by atoms with van der Waals surface area (Å²) in [4.78, 5) is 16.5.